The summed E-state index contributed by atoms with van der Waals surface area (Å²) >= 11 is 6.18. The molecule has 0 radical (unpaired) electrons. The Bertz CT molecular complexity index is 1690. The molecule has 0 fully saturated rings. The Kier molecular flexibility index (Phi) is 6.07. The highest BCUT2D eigenvalue weighted by atomic mass is 35.5. The highest BCUT2D eigenvalue weighted by Crippen LogP contribution is 2.39. The van der Waals surface area contributed by atoms with Gasteiger partial charge in [0.05, 0.1) is 23.2 Å². The van der Waals surface area contributed by atoms with Gasteiger partial charge in [-0.3, -0.25) is 4.72 Å². The minimum atomic E-state index is -3.94. The molecule has 5 aromatic rings. The molecule has 8 nitrogen and oxygen atoms in total. The molecule has 1 N–H and O–H groups in total. The van der Waals surface area contributed by atoms with Gasteiger partial charge in [0.25, 0.3) is 10.0 Å². The lowest BCUT2D eigenvalue weighted by Gasteiger charge is -2.14. The highest BCUT2D eigenvalue weighted by molar-refractivity contribution is 7.92. The number of aryl methyl sites for hydroxylation is 1. The maximum atomic E-state index is 15.4. The van der Waals surface area contributed by atoms with Gasteiger partial charge in [0.15, 0.2) is 5.82 Å². The fourth-order valence-electron chi connectivity index (χ4n) is 3.90. The Morgan fingerprint density at radius 3 is 2.58 bits per heavy atom. The van der Waals surface area contributed by atoms with E-state index < -0.39 is 15.8 Å². The summed E-state index contributed by atoms with van der Waals surface area (Å²) in [7, 11) is -2.46. The van der Waals surface area contributed by atoms with Gasteiger partial charge in [0.2, 0.25) is 0 Å². The lowest BCUT2D eigenvalue weighted by molar-refractivity contribution is 0.415. The van der Waals surface area contributed by atoms with Gasteiger partial charge >= 0.3 is 0 Å². The Balaban J connectivity index is 1.60. The third-order valence-electron chi connectivity index (χ3n) is 5.49. The molecule has 0 saturated carbocycles. The largest absolute Gasteiger partial charge is 0.496 e. The molecule has 2 heterocycles. The summed E-state index contributed by atoms with van der Waals surface area (Å²) < 4.78 is 53.4. The van der Waals surface area contributed by atoms with Crippen molar-refractivity contribution in [1.29, 1.82) is 0 Å². The van der Waals surface area contributed by atoms with Crippen LogP contribution in [-0.4, -0.2) is 30.7 Å². The number of nitrogens with zero attached hydrogens (tertiary/aromatic N) is 3. The SMILES string of the molecule is COc1cc(-c2cc(C)cc(Cl)c2)c(F)cc1-c1ncnc2cc(S(=O)(=O)Nc3ccon3)ccc12. The highest BCUT2D eigenvalue weighted by Gasteiger charge is 2.20. The molecule has 11 heteroatoms. The summed E-state index contributed by atoms with van der Waals surface area (Å²) in [4.78, 5) is 8.52. The molecule has 0 aliphatic carbocycles. The Morgan fingerprint density at radius 1 is 1.03 bits per heavy atom. The second-order valence-electron chi connectivity index (χ2n) is 7.94. The van der Waals surface area contributed by atoms with E-state index in [9.17, 15) is 8.42 Å². The van der Waals surface area contributed by atoms with E-state index in [-0.39, 0.29) is 10.7 Å². The Labute approximate surface area is 210 Å². The lowest BCUT2D eigenvalue weighted by atomic mass is 9.98. The topological polar surface area (TPSA) is 107 Å². The summed E-state index contributed by atoms with van der Waals surface area (Å²) in [5, 5.41) is 4.58. The monoisotopic (exact) mass is 524 g/mol. The van der Waals surface area contributed by atoms with Crippen LogP contribution in [0.25, 0.3) is 33.3 Å². The molecule has 0 atom stereocenters. The third kappa shape index (κ3) is 4.48. The van der Waals surface area contributed by atoms with Gasteiger partial charge in [-0.2, -0.15) is 0 Å². The predicted octanol–water partition coefficient (Wildman–Crippen LogP) is 5.86. The van der Waals surface area contributed by atoms with Gasteiger partial charge in [-0.1, -0.05) is 22.8 Å². The van der Waals surface area contributed by atoms with Crippen molar-refractivity contribution in [1.82, 2.24) is 15.1 Å². The van der Waals surface area contributed by atoms with Crippen LogP contribution in [0.3, 0.4) is 0 Å². The van der Waals surface area contributed by atoms with Crippen molar-refractivity contribution in [2.75, 3.05) is 11.8 Å². The normalized spacial score (nSPS) is 11.6. The van der Waals surface area contributed by atoms with Crippen LogP contribution < -0.4 is 9.46 Å². The zero-order chi connectivity index (χ0) is 25.4. The number of halogens is 2. The molecule has 0 spiro atoms. The minimum Gasteiger partial charge on any atom is -0.496 e. The molecular weight excluding hydrogens is 507 g/mol. The number of nitrogens with one attached hydrogen (secondary N) is 1. The Hall–Kier alpha value is -4.02. The number of anilines is 1. The Morgan fingerprint density at radius 2 is 1.86 bits per heavy atom. The van der Waals surface area contributed by atoms with Crippen molar-refractivity contribution in [2.24, 2.45) is 0 Å². The molecule has 36 heavy (non-hydrogen) atoms. The fourth-order valence-corrected chi connectivity index (χ4v) is 5.20. The van der Waals surface area contributed by atoms with Crippen LogP contribution in [0.5, 0.6) is 5.75 Å². The minimum absolute atomic E-state index is 0.0348. The summed E-state index contributed by atoms with van der Waals surface area (Å²) in [6.45, 7) is 1.88. The van der Waals surface area contributed by atoms with Gasteiger partial charge in [-0.25, -0.2) is 22.8 Å². The number of fused-ring (bicyclic) bond motifs is 1. The van der Waals surface area contributed by atoms with Gasteiger partial charge < -0.3 is 9.26 Å². The number of hydrogen-bond acceptors (Lipinski definition) is 7. The summed E-state index contributed by atoms with van der Waals surface area (Å²) in [6, 6.07) is 14.0. The molecule has 0 aliphatic heterocycles. The van der Waals surface area contributed by atoms with E-state index >= 15 is 4.39 Å². The molecule has 0 aliphatic rings. The number of sulfonamides is 1. The van der Waals surface area contributed by atoms with Crippen LogP contribution in [0.4, 0.5) is 10.2 Å². The van der Waals surface area contributed by atoms with Gasteiger partial charge in [0, 0.05) is 27.6 Å². The van der Waals surface area contributed by atoms with Crippen LogP contribution in [0.15, 0.2) is 76.6 Å². The quantitative estimate of drug-likeness (QED) is 0.296. The molecule has 182 valence electrons. The van der Waals surface area contributed by atoms with Gasteiger partial charge in [-0.15, -0.1) is 0 Å². The van der Waals surface area contributed by atoms with E-state index in [1.165, 1.54) is 44.0 Å². The van der Waals surface area contributed by atoms with E-state index in [0.29, 0.717) is 44.1 Å². The first kappa shape index (κ1) is 23.7. The standard InChI is InChI=1S/C25H18ClFN4O4S/c1-14-7-15(9-16(26)8-14)19-12-23(34-2)20(11-21(19)27)25-18-4-3-17(10-22(18)28-13-29-25)36(32,33)31-24-5-6-35-30-24/h3-13H,1-2H3,(H,30,31). The zero-order valence-electron chi connectivity index (χ0n) is 19.0. The second-order valence-corrected chi connectivity index (χ2v) is 10.1. The average molecular weight is 525 g/mol. The molecule has 5 rings (SSSR count). The number of ether oxygens (including phenoxy) is 1. The number of rotatable bonds is 6. The first-order valence-electron chi connectivity index (χ1n) is 10.6. The lowest BCUT2D eigenvalue weighted by Crippen LogP contribution is -2.13. The number of aromatic nitrogens is 3. The van der Waals surface area contributed by atoms with Crippen LogP contribution in [0, 0.1) is 12.7 Å². The maximum absolute atomic E-state index is 15.4. The molecular formula is C25H18ClFN4O4S. The van der Waals surface area contributed by atoms with E-state index in [4.69, 9.17) is 16.3 Å². The van der Waals surface area contributed by atoms with E-state index in [1.807, 2.05) is 13.0 Å². The van der Waals surface area contributed by atoms with Crippen molar-refractivity contribution in [3.63, 3.8) is 0 Å². The summed E-state index contributed by atoms with van der Waals surface area (Å²) in [6.07, 6.45) is 2.54. The summed E-state index contributed by atoms with van der Waals surface area (Å²) in [5.74, 6) is -0.0580. The van der Waals surface area contributed by atoms with Gasteiger partial charge in [-0.05, 0) is 60.5 Å². The van der Waals surface area contributed by atoms with Crippen molar-refractivity contribution < 1.29 is 22.1 Å². The summed E-state index contributed by atoms with van der Waals surface area (Å²) in [5.41, 5.74) is 2.96. The van der Waals surface area contributed by atoms with Crippen LogP contribution in [0.2, 0.25) is 5.02 Å². The molecule has 0 saturated heterocycles. The number of hydrogen-bond donors (Lipinski definition) is 1. The molecule has 2 aromatic heterocycles. The van der Waals surface area contributed by atoms with Gasteiger partial charge in [0.1, 0.15) is 24.2 Å². The zero-order valence-corrected chi connectivity index (χ0v) is 20.6. The molecule has 0 unspecified atom stereocenters. The number of benzene rings is 3. The van der Waals surface area contributed by atoms with E-state index in [1.54, 1.807) is 24.3 Å². The maximum Gasteiger partial charge on any atom is 0.263 e. The first-order chi connectivity index (χ1) is 17.2. The van der Waals surface area contributed by atoms with Crippen molar-refractivity contribution in [3.05, 3.63) is 83.6 Å². The van der Waals surface area contributed by atoms with E-state index in [2.05, 4.69) is 24.4 Å². The molecule has 0 amide bonds. The van der Waals surface area contributed by atoms with Crippen molar-refractivity contribution in [3.8, 4) is 28.1 Å². The van der Waals surface area contributed by atoms with Crippen LogP contribution in [-0.2, 0) is 10.0 Å². The second kappa shape index (κ2) is 9.21. The number of methoxy groups -OCH3 is 1. The molecule has 0 bridgehead atoms. The van der Waals surface area contributed by atoms with Crippen LogP contribution >= 0.6 is 11.6 Å². The third-order valence-corrected chi connectivity index (χ3v) is 7.06. The van der Waals surface area contributed by atoms with Crippen LogP contribution in [0.1, 0.15) is 5.56 Å². The smallest absolute Gasteiger partial charge is 0.263 e. The average Bonchev–Trinajstić information content (AvgIpc) is 3.35. The first-order valence-corrected chi connectivity index (χ1v) is 12.4. The predicted molar refractivity (Wildman–Crippen MR) is 134 cm³/mol. The van der Waals surface area contributed by atoms with Crippen molar-refractivity contribution in [2.45, 2.75) is 11.8 Å². The fraction of sp³-hybridized carbons (Fsp3) is 0.0800. The molecule has 3 aromatic carbocycles. The van der Waals surface area contributed by atoms with Crippen molar-refractivity contribution >= 4 is 38.3 Å². The van der Waals surface area contributed by atoms with E-state index in [0.717, 1.165) is 5.56 Å².